The molecule has 0 saturated heterocycles. The van der Waals surface area contributed by atoms with Crippen molar-refractivity contribution in [1.82, 2.24) is 0 Å². The van der Waals surface area contributed by atoms with Gasteiger partial charge in [0.15, 0.2) is 9.84 Å². The van der Waals surface area contributed by atoms with Gasteiger partial charge in [-0.05, 0) is 30.0 Å². The first-order valence-electron chi connectivity index (χ1n) is 5.90. The van der Waals surface area contributed by atoms with E-state index in [2.05, 4.69) is 6.92 Å². The molecule has 2 unspecified atom stereocenters. The Hall–Kier alpha value is -0.870. The molecule has 2 atom stereocenters. The van der Waals surface area contributed by atoms with Gasteiger partial charge >= 0.3 is 0 Å². The predicted octanol–water partition coefficient (Wildman–Crippen LogP) is 1.75. The number of sulfone groups is 1. The largest absolute Gasteiger partial charge is 0.395 e. The van der Waals surface area contributed by atoms with Gasteiger partial charge in [0.1, 0.15) is 0 Å². The highest BCUT2D eigenvalue weighted by molar-refractivity contribution is 7.91. The summed E-state index contributed by atoms with van der Waals surface area (Å²) in [5, 5.41) is 9.44. The molecule has 1 aliphatic rings. The number of hydrogen-bond donors (Lipinski definition) is 1. The van der Waals surface area contributed by atoms with Gasteiger partial charge in [-0.15, -0.1) is 0 Å². The Morgan fingerprint density at radius 3 is 2.24 bits per heavy atom. The van der Waals surface area contributed by atoms with E-state index in [1.807, 2.05) is 12.1 Å². The van der Waals surface area contributed by atoms with Gasteiger partial charge in [-0.25, -0.2) is 8.42 Å². The van der Waals surface area contributed by atoms with Crippen LogP contribution in [0.2, 0.25) is 0 Å². The lowest BCUT2D eigenvalue weighted by Crippen LogP contribution is -2.15. The molecule has 4 heteroatoms. The molecule has 1 aromatic rings. The van der Waals surface area contributed by atoms with E-state index in [4.69, 9.17) is 0 Å². The minimum absolute atomic E-state index is 0.119. The third-order valence-electron chi connectivity index (χ3n) is 3.90. The normalized spacial score (nSPS) is 28.1. The van der Waals surface area contributed by atoms with E-state index in [0.29, 0.717) is 10.8 Å². The molecular weight excluding hydrogens is 236 g/mol. The van der Waals surface area contributed by atoms with Crippen LogP contribution in [0, 0.1) is 5.92 Å². The van der Waals surface area contributed by atoms with Crippen molar-refractivity contribution in [2.45, 2.75) is 30.6 Å². The molecule has 1 fully saturated rings. The molecule has 1 aliphatic carbocycles. The van der Waals surface area contributed by atoms with E-state index in [0.717, 1.165) is 12.0 Å². The molecule has 0 spiro atoms. The monoisotopic (exact) mass is 254 g/mol. The molecule has 94 valence electrons. The van der Waals surface area contributed by atoms with Gasteiger partial charge in [0.25, 0.3) is 0 Å². The van der Waals surface area contributed by atoms with Crippen molar-refractivity contribution in [3.8, 4) is 0 Å². The maximum Gasteiger partial charge on any atom is 0.178 e. The van der Waals surface area contributed by atoms with Crippen LogP contribution < -0.4 is 0 Å². The number of benzene rings is 1. The van der Waals surface area contributed by atoms with Gasteiger partial charge in [-0.3, -0.25) is 0 Å². The van der Waals surface area contributed by atoms with Crippen LogP contribution in [-0.2, 0) is 15.3 Å². The Kier molecular flexibility index (Phi) is 3.04. The molecule has 1 aromatic carbocycles. The summed E-state index contributed by atoms with van der Waals surface area (Å²) in [4.78, 5) is 0.366. The van der Waals surface area contributed by atoms with Crippen LogP contribution in [0.1, 0.15) is 25.8 Å². The minimum atomic E-state index is -3.12. The van der Waals surface area contributed by atoms with E-state index in [1.54, 1.807) is 19.1 Å². The van der Waals surface area contributed by atoms with Crippen molar-refractivity contribution >= 4 is 9.84 Å². The predicted molar refractivity (Wildman–Crippen MR) is 66.7 cm³/mol. The van der Waals surface area contributed by atoms with Gasteiger partial charge in [0.2, 0.25) is 0 Å². The Balaban J connectivity index is 2.32. The van der Waals surface area contributed by atoms with Crippen LogP contribution in [0.25, 0.3) is 0 Å². The lowest BCUT2D eigenvalue weighted by Gasteiger charge is -2.14. The minimum Gasteiger partial charge on any atom is -0.395 e. The zero-order chi connectivity index (χ0) is 12.7. The van der Waals surface area contributed by atoms with Crippen LogP contribution in [0.15, 0.2) is 29.2 Å². The van der Waals surface area contributed by atoms with Crippen molar-refractivity contribution in [1.29, 1.82) is 0 Å². The third-order valence-corrected chi connectivity index (χ3v) is 5.65. The number of hydrogen-bond acceptors (Lipinski definition) is 3. The summed E-state index contributed by atoms with van der Waals surface area (Å²) in [5.74, 6) is 0.592. The van der Waals surface area contributed by atoms with Gasteiger partial charge in [-0.1, -0.05) is 26.0 Å². The average molecular weight is 254 g/mol. The quantitative estimate of drug-likeness (QED) is 0.890. The van der Waals surface area contributed by atoms with Crippen molar-refractivity contribution in [2.24, 2.45) is 5.92 Å². The SMILES string of the molecule is CCS(=O)(=O)c1ccc(C2(CO)CC2C)cc1. The number of rotatable bonds is 4. The van der Waals surface area contributed by atoms with Crippen molar-refractivity contribution in [3.63, 3.8) is 0 Å². The topological polar surface area (TPSA) is 54.4 Å². The smallest absolute Gasteiger partial charge is 0.178 e. The van der Waals surface area contributed by atoms with Gasteiger partial charge in [0.05, 0.1) is 17.3 Å². The second-order valence-corrected chi connectivity index (χ2v) is 7.13. The molecule has 0 aromatic heterocycles. The van der Waals surface area contributed by atoms with Crippen molar-refractivity contribution in [3.05, 3.63) is 29.8 Å². The molecule has 17 heavy (non-hydrogen) atoms. The zero-order valence-corrected chi connectivity index (χ0v) is 11.0. The molecule has 2 rings (SSSR count). The molecule has 1 N–H and O–H groups in total. The first-order chi connectivity index (χ1) is 7.96. The Labute approximate surface area is 102 Å². The summed E-state index contributed by atoms with van der Waals surface area (Å²) in [6.45, 7) is 3.88. The molecule has 0 aliphatic heterocycles. The summed E-state index contributed by atoms with van der Waals surface area (Å²) in [6.07, 6.45) is 0.976. The fraction of sp³-hybridized carbons (Fsp3) is 0.538. The number of aliphatic hydroxyl groups excluding tert-OH is 1. The third kappa shape index (κ3) is 2.00. The standard InChI is InChI=1S/C13H18O3S/c1-3-17(15,16)12-6-4-11(5-7-12)13(9-14)8-10(13)2/h4-7,10,14H,3,8-9H2,1-2H3. The van der Waals surface area contributed by atoms with Crippen LogP contribution in [0.4, 0.5) is 0 Å². The van der Waals surface area contributed by atoms with Crippen LogP contribution in [0.5, 0.6) is 0 Å². The van der Waals surface area contributed by atoms with Crippen molar-refractivity contribution in [2.75, 3.05) is 12.4 Å². The Bertz CT molecular complexity index is 500. The zero-order valence-electron chi connectivity index (χ0n) is 10.2. The Morgan fingerprint density at radius 1 is 1.35 bits per heavy atom. The second-order valence-electron chi connectivity index (χ2n) is 4.85. The second kappa shape index (κ2) is 4.10. The molecular formula is C13H18O3S. The lowest BCUT2D eigenvalue weighted by atomic mass is 9.95. The average Bonchev–Trinajstić information content (AvgIpc) is 3.02. The summed E-state index contributed by atoms with van der Waals surface area (Å²) in [6, 6.07) is 6.97. The summed E-state index contributed by atoms with van der Waals surface area (Å²) >= 11 is 0. The van der Waals surface area contributed by atoms with Gasteiger partial charge in [0, 0.05) is 5.41 Å². The molecule has 0 bridgehead atoms. The molecule has 0 amide bonds. The molecule has 0 heterocycles. The highest BCUT2D eigenvalue weighted by Gasteiger charge is 2.51. The van der Waals surface area contributed by atoms with E-state index >= 15 is 0 Å². The molecule has 0 radical (unpaired) electrons. The van der Waals surface area contributed by atoms with E-state index in [9.17, 15) is 13.5 Å². The van der Waals surface area contributed by atoms with Gasteiger partial charge in [-0.2, -0.15) is 0 Å². The fourth-order valence-corrected chi connectivity index (χ4v) is 3.25. The van der Waals surface area contributed by atoms with Crippen LogP contribution in [-0.4, -0.2) is 25.9 Å². The van der Waals surface area contributed by atoms with Crippen LogP contribution >= 0.6 is 0 Å². The summed E-state index contributed by atoms with van der Waals surface area (Å²) in [7, 11) is -3.12. The molecule has 3 nitrogen and oxygen atoms in total. The summed E-state index contributed by atoms with van der Waals surface area (Å²) < 4.78 is 23.3. The van der Waals surface area contributed by atoms with Gasteiger partial charge < -0.3 is 5.11 Å². The highest BCUT2D eigenvalue weighted by Crippen LogP contribution is 2.53. The summed E-state index contributed by atoms with van der Waals surface area (Å²) in [5.41, 5.74) is 0.914. The first-order valence-corrected chi connectivity index (χ1v) is 7.55. The first kappa shape index (κ1) is 12.6. The lowest BCUT2D eigenvalue weighted by molar-refractivity contribution is 0.247. The maximum absolute atomic E-state index is 11.7. The Morgan fingerprint density at radius 2 is 1.88 bits per heavy atom. The maximum atomic E-state index is 11.7. The van der Waals surface area contributed by atoms with E-state index < -0.39 is 9.84 Å². The fourth-order valence-electron chi connectivity index (χ4n) is 2.36. The van der Waals surface area contributed by atoms with Crippen LogP contribution in [0.3, 0.4) is 0 Å². The van der Waals surface area contributed by atoms with Crippen molar-refractivity contribution < 1.29 is 13.5 Å². The number of aliphatic hydroxyl groups is 1. The van der Waals surface area contributed by atoms with E-state index in [1.165, 1.54) is 0 Å². The molecule has 1 saturated carbocycles. The highest BCUT2D eigenvalue weighted by atomic mass is 32.2. The van der Waals surface area contributed by atoms with E-state index in [-0.39, 0.29) is 17.8 Å².